The van der Waals surface area contributed by atoms with E-state index in [1.54, 1.807) is 18.6 Å². The van der Waals surface area contributed by atoms with Crippen molar-refractivity contribution in [2.24, 2.45) is 5.41 Å². The van der Waals surface area contributed by atoms with Gasteiger partial charge in [-0.25, -0.2) is 0 Å². The number of nitrogens with zero attached hydrogens (tertiary/aromatic N) is 3. The van der Waals surface area contributed by atoms with Crippen LogP contribution in [0, 0.1) is 5.41 Å². The van der Waals surface area contributed by atoms with Crippen LogP contribution in [0.4, 0.5) is 0 Å². The van der Waals surface area contributed by atoms with E-state index in [0.717, 1.165) is 12.0 Å². The molecule has 0 radical (unpaired) electrons. The van der Waals surface area contributed by atoms with Crippen molar-refractivity contribution < 1.29 is 9.21 Å². The second-order valence-electron chi connectivity index (χ2n) is 7.68. The third-order valence-corrected chi connectivity index (χ3v) is 5.42. The van der Waals surface area contributed by atoms with Crippen molar-refractivity contribution >= 4 is 17.7 Å². The van der Waals surface area contributed by atoms with Crippen molar-refractivity contribution in [3.05, 3.63) is 55.0 Å². The zero-order valence-electron chi connectivity index (χ0n) is 16.5. The molecule has 1 unspecified atom stereocenters. The second-order valence-corrected chi connectivity index (χ2v) is 8.63. The Hall–Kier alpha value is -2.54. The van der Waals surface area contributed by atoms with E-state index >= 15 is 0 Å². The minimum atomic E-state index is -0.0229. The van der Waals surface area contributed by atoms with Gasteiger partial charge in [-0.15, -0.1) is 16.8 Å². The fraction of sp³-hybridized carbons (Fsp3) is 0.381. The van der Waals surface area contributed by atoms with Gasteiger partial charge in [0.2, 0.25) is 5.91 Å². The molecule has 0 spiro atoms. The highest BCUT2D eigenvalue weighted by molar-refractivity contribution is 7.99. The molecular weight excluding hydrogens is 372 g/mol. The normalized spacial score (nSPS) is 16.7. The summed E-state index contributed by atoms with van der Waals surface area (Å²) in [7, 11) is 0. The standard InChI is InChI=1S/C21H26N4O2S/c1-5-11-25-19(15-10-12-27-13-15)23-24-20(25)28-14-18(26)22-17-8-6-16(7-9-17)21(2,3)4/h5-8,10,12-13,17H,1,9,11,14H2,2-4H3,(H,22,26). The number of aromatic nitrogens is 3. The van der Waals surface area contributed by atoms with E-state index in [1.165, 1.54) is 17.3 Å². The van der Waals surface area contributed by atoms with E-state index in [4.69, 9.17) is 4.42 Å². The quantitative estimate of drug-likeness (QED) is 0.558. The number of rotatable bonds is 7. The lowest BCUT2D eigenvalue weighted by atomic mass is 9.83. The Morgan fingerprint density at radius 3 is 2.89 bits per heavy atom. The summed E-state index contributed by atoms with van der Waals surface area (Å²) < 4.78 is 7.06. The maximum Gasteiger partial charge on any atom is 0.230 e. The smallest absolute Gasteiger partial charge is 0.230 e. The van der Waals surface area contributed by atoms with Crippen LogP contribution in [-0.2, 0) is 11.3 Å². The van der Waals surface area contributed by atoms with Crippen molar-refractivity contribution in [3.63, 3.8) is 0 Å². The Bertz CT molecular complexity index is 888. The first-order valence-corrected chi connectivity index (χ1v) is 10.2. The molecule has 1 amide bonds. The first-order valence-electron chi connectivity index (χ1n) is 9.26. The first-order chi connectivity index (χ1) is 13.4. The molecule has 0 saturated carbocycles. The largest absolute Gasteiger partial charge is 0.472 e. The number of thioether (sulfide) groups is 1. The summed E-state index contributed by atoms with van der Waals surface area (Å²) in [5.74, 6) is 0.956. The number of carbonyl (C=O) groups excluding carboxylic acids is 1. The Morgan fingerprint density at radius 1 is 1.46 bits per heavy atom. The van der Waals surface area contributed by atoms with Crippen LogP contribution in [-0.4, -0.2) is 32.5 Å². The van der Waals surface area contributed by atoms with E-state index in [-0.39, 0.29) is 23.1 Å². The van der Waals surface area contributed by atoms with Crippen LogP contribution >= 0.6 is 11.8 Å². The van der Waals surface area contributed by atoms with Crippen molar-refractivity contribution in [1.82, 2.24) is 20.1 Å². The molecule has 1 aliphatic carbocycles. The van der Waals surface area contributed by atoms with E-state index in [9.17, 15) is 4.79 Å². The van der Waals surface area contributed by atoms with E-state index < -0.39 is 0 Å². The number of nitrogens with one attached hydrogen (secondary N) is 1. The molecule has 148 valence electrons. The molecule has 7 heteroatoms. The average molecular weight is 399 g/mol. The molecule has 1 aliphatic rings. The van der Waals surface area contributed by atoms with Crippen LogP contribution in [0.15, 0.2) is 64.6 Å². The average Bonchev–Trinajstić information content (AvgIpc) is 3.30. The van der Waals surface area contributed by atoms with Gasteiger partial charge < -0.3 is 9.73 Å². The van der Waals surface area contributed by atoms with Gasteiger partial charge in [0.05, 0.1) is 23.6 Å². The molecule has 0 saturated heterocycles. The Balaban J connectivity index is 1.58. The maximum absolute atomic E-state index is 12.4. The molecule has 0 aromatic carbocycles. The van der Waals surface area contributed by atoms with Crippen molar-refractivity contribution in [2.75, 3.05) is 5.75 Å². The van der Waals surface area contributed by atoms with Crippen molar-refractivity contribution in [1.29, 1.82) is 0 Å². The predicted molar refractivity (Wildman–Crippen MR) is 112 cm³/mol. The summed E-state index contributed by atoms with van der Waals surface area (Å²) in [5.41, 5.74) is 2.28. The summed E-state index contributed by atoms with van der Waals surface area (Å²) in [6, 6.07) is 1.87. The third-order valence-electron chi connectivity index (χ3n) is 4.45. The fourth-order valence-corrected chi connectivity index (χ4v) is 3.72. The van der Waals surface area contributed by atoms with Crippen LogP contribution in [0.3, 0.4) is 0 Å². The Kier molecular flexibility index (Phi) is 6.24. The molecule has 2 heterocycles. The number of hydrogen-bond acceptors (Lipinski definition) is 5. The molecule has 28 heavy (non-hydrogen) atoms. The molecule has 2 aromatic heterocycles. The minimum absolute atomic E-state index is 0.0229. The predicted octanol–water partition coefficient (Wildman–Crippen LogP) is 4.23. The van der Waals surface area contributed by atoms with Crippen molar-refractivity contribution in [2.45, 2.75) is 44.9 Å². The molecule has 0 bridgehead atoms. The fourth-order valence-electron chi connectivity index (χ4n) is 2.96. The molecule has 0 aliphatic heterocycles. The lowest BCUT2D eigenvalue weighted by molar-refractivity contribution is -0.118. The van der Waals surface area contributed by atoms with Crippen LogP contribution in [0.1, 0.15) is 27.2 Å². The molecule has 1 N–H and O–H groups in total. The molecule has 6 nitrogen and oxygen atoms in total. The van der Waals surface area contributed by atoms with E-state index in [0.29, 0.717) is 17.5 Å². The van der Waals surface area contributed by atoms with Gasteiger partial charge in [0.25, 0.3) is 0 Å². The van der Waals surface area contributed by atoms with Gasteiger partial charge in [0, 0.05) is 6.54 Å². The Morgan fingerprint density at radius 2 is 2.29 bits per heavy atom. The summed E-state index contributed by atoms with van der Waals surface area (Å²) in [6.45, 7) is 10.9. The highest BCUT2D eigenvalue weighted by atomic mass is 32.2. The van der Waals surface area contributed by atoms with Crippen LogP contribution in [0.25, 0.3) is 11.4 Å². The summed E-state index contributed by atoms with van der Waals surface area (Å²) in [4.78, 5) is 12.4. The lowest BCUT2D eigenvalue weighted by Crippen LogP contribution is -2.35. The van der Waals surface area contributed by atoms with Crippen LogP contribution < -0.4 is 5.32 Å². The van der Waals surface area contributed by atoms with Gasteiger partial charge in [-0.1, -0.05) is 56.8 Å². The maximum atomic E-state index is 12.4. The number of furan rings is 1. The third kappa shape index (κ3) is 4.84. The topological polar surface area (TPSA) is 73.0 Å². The molecule has 2 aromatic rings. The summed E-state index contributed by atoms with van der Waals surface area (Å²) in [5, 5.41) is 12.2. The van der Waals surface area contributed by atoms with Crippen molar-refractivity contribution in [3.8, 4) is 11.4 Å². The van der Waals surface area contributed by atoms with E-state index in [2.05, 4.69) is 61.1 Å². The zero-order chi connectivity index (χ0) is 20.1. The summed E-state index contributed by atoms with van der Waals surface area (Å²) >= 11 is 1.37. The van der Waals surface area contributed by atoms with E-state index in [1.807, 2.05) is 10.6 Å². The highest BCUT2D eigenvalue weighted by Gasteiger charge is 2.20. The number of hydrogen-bond donors (Lipinski definition) is 1. The SMILES string of the molecule is C=CCn1c(SCC(=O)NC2C=CC(C(C)(C)C)=CC2)nnc1-c1ccoc1. The number of allylic oxidation sites excluding steroid dienone is 3. The van der Waals surface area contributed by atoms with Crippen LogP contribution in [0.2, 0.25) is 0 Å². The van der Waals surface area contributed by atoms with Crippen LogP contribution in [0.5, 0.6) is 0 Å². The van der Waals surface area contributed by atoms with Gasteiger partial charge in [0.15, 0.2) is 11.0 Å². The first kappa shape index (κ1) is 20.2. The number of amides is 1. The number of carbonyl (C=O) groups is 1. The second kappa shape index (κ2) is 8.65. The Labute approximate surface area is 169 Å². The highest BCUT2D eigenvalue weighted by Crippen LogP contribution is 2.29. The van der Waals surface area contributed by atoms with Gasteiger partial charge in [0.1, 0.15) is 6.26 Å². The van der Waals surface area contributed by atoms with Gasteiger partial charge in [-0.3, -0.25) is 9.36 Å². The molecule has 1 atom stereocenters. The summed E-state index contributed by atoms with van der Waals surface area (Å²) in [6.07, 6.45) is 12.2. The monoisotopic (exact) mass is 398 g/mol. The van der Waals surface area contributed by atoms with Gasteiger partial charge in [-0.05, 0) is 23.5 Å². The minimum Gasteiger partial charge on any atom is -0.472 e. The van der Waals surface area contributed by atoms with Gasteiger partial charge >= 0.3 is 0 Å². The molecule has 3 rings (SSSR count). The molecular formula is C21H26N4O2S. The zero-order valence-corrected chi connectivity index (χ0v) is 17.3. The van der Waals surface area contributed by atoms with Gasteiger partial charge in [-0.2, -0.15) is 0 Å². The molecule has 0 fully saturated rings. The lowest BCUT2D eigenvalue weighted by Gasteiger charge is -2.25.